The van der Waals surface area contributed by atoms with E-state index in [0.29, 0.717) is 0 Å². The number of halogens is 1. The Labute approximate surface area is 46.1 Å². The minimum absolute atomic E-state index is 0.133. The van der Waals surface area contributed by atoms with Gasteiger partial charge >= 0.3 is 5.97 Å². The Morgan fingerprint density at radius 3 is 2.75 bits per heavy atom. The molecule has 0 heterocycles. The Morgan fingerprint density at radius 2 is 2.38 bits per heavy atom. The van der Waals surface area contributed by atoms with Crippen LogP contribution in [0.1, 0.15) is 0 Å². The summed E-state index contributed by atoms with van der Waals surface area (Å²) in [6.07, 6.45) is 0. The molecule has 0 atom stereocenters. The van der Waals surface area contributed by atoms with Gasteiger partial charge in [-0.05, 0) is 0 Å². The summed E-state index contributed by atoms with van der Waals surface area (Å²) in [5.41, 5.74) is 0. The maximum atomic E-state index is 11.1. The number of carboxylic acids is 1. The molecular weight excluding hydrogens is 115 g/mol. The molecule has 0 aromatic carbocycles. The highest BCUT2D eigenvalue weighted by atomic mass is 19.1. The minimum atomic E-state index is -1.07. The van der Waals surface area contributed by atoms with Gasteiger partial charge in [-0.2, -0.15) is 0 Å². The van der Waals surface area contributed by atoms with E-state index in [4.69, 9.17) is 5.11 Å². The Bertz CT molecular complexity index is 73.7. The van der Waals surface area contributed by atoms with E-state index < -0.39 is 19.3 Å². The van der Waals surface area contributed by atoms with Crippen molar-refractivity contribution in [3.05, 3.63) is 0 Å². The van der Waals surface area contributed by atoms with Crippen LogP contribution in [0.3, 0.4) is 0 Å². The van der Waals surface area contributed by atoms with Gasteiger partial charge in [0.05, 0.1) is 6.61 Å². The van der Waals surface area contributed by atoms with Crippen molar-refractivity contribution in [2.24, 2.45) is 0 Å². The normalized spacial score (nSPS) is 9.12. The molecule has 0 amide bonds. The molecule has 0 saturated carbocycles. The smallest absolute Gasteiger partial charge is 0.329 e. The molecule has 0 aromatic heterocycles. The SMILES string of the molecule is O=C(O)COCCF. The molecule has 0 rings (SSSR count). The lowest BCUT2D eigenvalue weighted by Crippen LogP contribution is -2.08. The molecule has 3 nitrogen and oxygen atoms in total. The fraction of sp³-hybridized carbons (Fsp3) is 0.750. The molecule has 8 heavy (non-hydrogen) atoms. The highest BCUT2D eigenvalue weighted by Gasteiger charge is 1.93. The van der Waals surface area contributed by atoms with Crippen LogP contribution in [0.5, 0.6) is 0 Å². The number of hydrogen-bond acceptors (Lipinski definition) is 2. The highest BCUT2D eigenvalue weighted by molar-refractivity contribution is 5.67. The van der Waals surface area contributed by atoms with Gasteiger partial charge in [0.15, 0.2) is 0 Å². The number of alkyl halides is 1. The Hall–Kier alpha value is -0.640. The van der Waals surface area contributed by atoms with Crippen molar-refractivity contribution in [3.8, 4) is 0 Å². The van der Waals surface area contributed by atoms with E-state index in [1.807, 2.05) is 0 Å². The quantitative estimate of drug-likeness (QED) is 0.536. The van der Waals surface area contributed by atoms with E-state index in [-0.39, 0.29) is 6.61 Å². The number of aliphatic carboxylic acids is 1. The first-order valence-corrected chi connectivity index (χ1v) is 2.13. The number of ether oxygens (including phenoxy) is 1. The molecule has 0 unspecified atom stereocenters. The van der Waals surface area contributed by atoms with Crippen molar-refractivity contribution in [1.82, 2.24) is 0 Å². The summed E-state index contributed by atoms with van der Waals surface area (Å²) < 4.78 is 15.4. The van der Waals surface area contributed by atoms with E-state index in [0.717, 1.165) is 0 Å². The lowest BCUT2D eigenvalue weighted by atomic mass is 10.7. The summed E-state index contributed by atoms with van der Waals surface area (Å²) in [6, 6.07) is 0. The van der Waals surface area contributed by atoms with Gasteiger partial charge in [-0.3, -0.25) is 0 Å². The third kappa shape index (κ3) is 5.36. The first-order valence-electron chi connectivity index (χ1n) is 2.13. The van der Waals surface area contributed by atoms with Crippen molar-refractivity contribution >= 4 is 5.97 Å². The van der Waals surface area contributed by atoms with Crippen molar-refractivity contribution < 1.29 is 19.0 Å². The summed E-state index contributed by atoms with van der Waals surface area (Å²) in [7, 11) is 0. The summed E-state index contributed by atoms with van der Waals surface area (Å²) in [4.78, 5) is 9.63. The van der Waals surface area contributed by atoms with Crippen LogP contribution in [-0.2, 0) is 9.53 Å². The van der Waals surface area contributed by atoms with Crippen LogP contribution in [-0.4, -0.2) is 31.0 Å². The second-order valence-electron chi connectivity index (χ2n) is 1.14. The van der Waals surface area contributed by atoms with Gasteiger partial charge in [0.1, 0.15) is 13.3 Å². The van der Waals surface area contributed by atoms with E-state index >= 15 is 0 Å². The molecule has 0 spiro atoms. The molecule has 0 saturated heterocycles. The van der Waals surface area contributed by atoms with E-state index in [2.05, 4.69) is 4.74 Å². The predicted molar refractivity (Wildman–Crippen MR) is 24.4 cm³/mol. The van der Waals surface area contributed by atoms with Crippen LogP contribution in [0.4, 0.5) is 4.39 Å². The van der Waals surface area contributed by atoms with Crippen LogP contribution in [0, 0.1) is 0 Å². The summed E-state index contributed by atoms with van der Waals surface area (Å²) in [5.74, 6) is -1.07. The summed E-state index contributed by atoms with van der Waals surface area (Å²) in [6.45, 7) is -1.18. The molecule has 0 radical (unpaired) electrons. The fourth-order valence-corrected chi connectivity index (χ4v) is 0.214. The first-order chi connectivity index (χ1) is 3.77. The van der Waals surface area contributed by atoms with Gasteiger partial charge in [-0.15, -0.1) is 0 Å². The minimum Gasteiger partial charge on any atom is -0.480 e. The molecule has 0 aliphatic rings. The predicted octanol–water partition coefficient (Wildman–Crippen LogP) is 0.0571. The molecule has 0 aliphatic heterocycles. The molecule has 48 valence electrons. The van der Waals surface area contributed by atoms with Crippen molar-refractivity contribution in [2.45, 2.75) is 0 Å². The van der Waals surface area contributed by atoms with Crippen LogP contribution < -0.4 is 0 Å². The Balaban J connectivity index is 2.82. The molecule has 0 aliphatic carbocycles. The second kappa shape index (κ2) is 4.52. The second-order valence-corrected chi connectivity index (χ2v) is 1.14. The highest BCUT2D eigenvalue weighted by Crippen LogP contribution is 1.74. The molecule has 1 N–H and O–H groups in total. The molecule has 0 aromatic rings. The maximum Gasteiger partial charge on any atom is 0.329 e. The van der Waals surface area contributed by atoms with E-state index in [9.17, 15) is 9.18 Å². The number of carbonyl (C=O) groups is 1. The Kier molecular flexibility index (Phi) is 4.16. The third-order valence-corrected chi connectivity index (χ3v) is 0.447. The van der Waals surface area contributed by atoms with Crippen LogP contribution >= 0.6 is 0 Å². The average Bonchev–Trinajstić information content (AvgIpc) is 1.66. The zero-order valence-corrected chi connectivity index (χ0v) is 4.26. The van der Waals surface area contributed by atoms with Crippen LogP contribution in [0.2, 0.25) is 0 Å². The van der Waals surface area contributed by atoms with Gasteiger partial charge in [0, 0.05) is 0 Å². The topological polar surface area (TPSA) is 46.5 Å². The van der Waals surface area contributed by atoms with Gasteiger partial charge in [-0.1, -0.05) is 0 Å². The molecule has 0 bridgehead atoms. The monoisotopic (exact) mass is 122 g/mol. The number of carboxylic acid groups (broad SMARTS) is 1. The van der Waals surface area contributed by atoms with Crippen LogP contribution in [0.15, 0.2) is 0 Å². The van der Waals surface area contributed by atoms with E-state index in [1.165, 1.54) is 0 Å². The lowest BCUT2D eigenvalue weighted by Gasteiger charge is -1.92. The zero-order chi connectivity index (χ0) is 6.41. The molecular formula is C4H7FO3. The average molecular weight is 122 g/mol. The third-order valence-electron chi connectivity index (χ3n) is 0.447. The lowest BCUT2D eigenvalue weighted by molar-refractivity contribution is -0.142. The first kappa shape index (κ1) is 7.36. The van der Waals surface area contributed by atoms with Gasteiger partial charge in [-0.25, -0.2) is 9.18 Å². The molecule has 4 heteroatoms. The zero-order valence-electron chi connectivity index (χ0n) is 4.26. The van der Waals surface area contributed by atoms with Crippen molar-refractivity contribution in [3.63, 3.8) is 0 Å². The Morgan fingerprint density at radius 1 is 1.75 bits per heavy atom. The fourth-order valence-electron chi connectivity index (χ4n) is 0.214. The van der Waals surface area contributed by atoms with Crippen molar-refractivity contribution in [1.29, 1.82) is 0 Å². The van der Waals surface area contributed by atoms with Gasteiger partial charge in [0.25, 0.3) is 0 Å². The van der Waals surface area contributed by atoms with Crippen LogP contribution in [0.25, 0.3) is 0 Å². The van der Waals surface area contributed by atoms with Gasteiger partial charge < -0.3 is 9.84 Å². The largest absolute Gasteiger partial charge is 0.480 e. The maximum absolute atomic E-state index is 11.1. The molecule has 0 fully saturated rings. The summed E-state index contributed by atoms with van der Waals surface area (Å²) in [5, 5.41) is 7.89. The summed E-state index contributed by atoms with van der Waals surface area (Å²) >= 11 is 0. The van der Waals surface area contributed by atoms with Gasteiger partial charge in [0.2, 0.25) is 0 Å². The van der Waals surface area contributed by atoms with Crippen molar-refractivity contribution in [2.75, 3.05) is 19.9 Å². The number of hydrogen-bond donors (Lipinski definition) is 1. The number of rotatable bonds is 4. The standard InChI is InChI=1S/C4H7FO3/c5-1-2-8-3-4(6)7/h1-3H2,(H,6,7). The van der Waals surface area contributed by atoms with E-state index in [1.54, 1.807) is 0 Å².